The first-order chi connectivity index (χ1) is 8.65. The van der Waals surface area contributed by atoms with E-state index in [4.69, 9.17) is 16.2 Å². The van der Waals surface area contributed by atoms with Gasteiger partial charge in [0.1, 0.15) is 5.75 Å². The van der Waals surface area contributed by atoms with Gasteiger partial charge >= 0.3 is 0 Å². The predicted molar refractivity (Wildman–Crippen MR) is 75.8 cm³/mol. The van der Waals surface area contributed by atoms with E-state index in [9.17, 15) is 0 Å². The lowest BCUT2D eigenvalue weighted by Crippen LogP contribution is -2.41. The van der Waals surface area contributed by atoms with Crippen molar-refractivity contribution in [3.05, 3.63) is 29.8 Å². The molecule has 0 saturated heterocycles. The summed E-state index contributed by atoms with van der Waals surface area (Å²) in [6.07, 6.45) is 1.01. The van der Waals surface area contributed by atoms with Gasteiger partial charge in [0.25, 0.3) is 0 Å². The van der Waals surface area contributed by atoms with Crippen LogP contribution in [-0.4, -0.2) is 44.2 Å². The zero-order valence-electron chi connectivity index (χ0n) is 11.4. The van der Waals surface area contributed by atoms with Crippen LogP contribution in [-0.2, 0) is 6.42 Å². The predicted octanol–water partition coefficient (Wildman–Crippen LogP) is 0.846. The molecule has 1 aromatic rings. The largest absolute Gasteiger partial charge is 0.494 e. The van der Waals surface area contributed by atoms with E-state index >= 15 is 0 Å². The third-order valence-corrected chi connectivity index (χ3v) is 2.87. The Balaban J connectivity index is 2.34. The number of nitrogens with zero attached hydrogens (tertiary/aromatic N) is 1. The molecule has 1 rings (SSSR count). The first-order valence-corrected chi connectivity index (χ1v) is 6.51. The van der Waals surface area contributed by atoms with Gasteiger partial charge in [0.15, 0.2) is 0 Å². The Bertz CT molecular complexity index is 326. The highest BCUT2D eigenvalue weighted by Crippen LogP contribution is 2.12. The van der Waals surface area contributed by atoms with Crippen molar-refractivity contribution in [3.63, 3.8) is 0 Å². The first-order valence-electron chi connectivity index (χ1n) is 6.51. The Morgan fingerprint density at radius 2 is 1.94 bits per heavy atom. The number of rotatable bonds is 8. The molecule has 0 aliphatic rings. The van der Waals surface area contributed by atoms with E-state index < -0.39 is 0 Å². The molecule has 4 nitrogen and oxygen atoms in total. The van der Waals surface area contributed by atoms with Crippen LogP contribution >= 0.6 is 0 Å². The second-order valence-corrected chi connectivity index (χ2v) is 4.58. The zero-order chi connectivity index (χ0) is 13.4. The molecular formula is C14H25N3O. The summed E-state index contributed by atoms with van der Waals surface area (Å²) < 4.78 is 5.41. The van der Waals surface area contributed by atoms with E-state index in [1.165, 1.54) is 5.56 Å². The summed E-state index contributed by atoms with van der Waals surface area (Å²) in [7, 11) is 2.07. The molecule has 18 heavy (non-hydrogen) atoms. The van der Waals surface area contributed by atoms with Gasteiger partial charge in [-0.1, -0.05) is 12.1 Å². The number of likely N-dealkylation sites (N-methyl/N-ethyl adjacent to an activating group) is 1. The summed E-state index contributed by atoms with van der Waals surface area (Å²) in [5, 5.41) is 0. The van der Waals surface area contributed by atoms with Crippen molar-refractivity contribution in [2.24, 2.45) is 11.5 Å². The van der Waals surface area contributed by atoms with Crippen molar-refractivity contribution in [2.75, 3.05) is 33.3 Å². The van der Waals surface area contributed by atoms with Gasteiger partial charge in [-0.3, -0.25) is 0 Å². The van der Waals surface area contributed by atoms with Crippen LogP contribution in [0.4, 0.5) is 0 Å². The fraction of sp³-hybridized carbons (Fsp3) is 0.571. The maximum Gasteiger partial charge on any atom is 0.119 e. The monoisotopic (exact) mass is 251 g/mol. The van der Waals surface area contributed by atoms with Crippen molar-refractivity contribution in [1.29, 1.82) is 0 Å². The Hall–Kier alpha value is -1.10. The van der Waals surface area contributed by atoms with E-state index in [1.54, 1.807) is 0 Å². The molecule has 0 fully saturated rings. The molecule has 1 atom stereocenters. The van der Waals surface area contributed by atoms with Gasteiger partial charge in [-0.05, 0) is 38.1 Å². The van der Waals surface area contributed by atoms with E-state index in [-0.39, 0.29) is 6.04 Å². The summed E-state index contributed by atoms with van der Waals surface area (Å²) in [5.74, 6) is 0.930. The molecule has 102 valence electrons. The Morgan fingerprint density at radius 1 is 1.28 bits per heavy atom. The first kappa shape index (κ1) is 15.0. The third kappa shape index (κ3) is 5.49. The molecule has 0 bridgehead atoms. The number of benzene rings is 1. The SMILES string of the molecule is CCOc1ccc(CCN(C)CC(N)CN)cc1. The zero-order valence-corrected chi connectivity index (χ0v) is 11.4. The molecule has 0 spiro atoms. The lowest BCUT2D eigenvalue weighted by atomic mass is 10.1. The summed E-state index contributed by atoms with van der Waals surface area (Å²) in [5.41, 5.74) is 12.6. The van der Waals surface area contributed by atoms with Gasteiger partial charge in [-0.2, -0.15) is 0 Å². The molecule has 4 N–H and O–H groups in total. The number of hydrogen-bond acceptors (Lipinski definition) is 4. The molecule has 1 unspecified atom stereocenters. The molecule has 0 amide bonds. The molecule has 0 heterocycles. The van der Waals surface area contributed by atoms with Crippen molar-refractivity contribution in [2.45, 2.75) is 19.4 Å². The fourth-order valence-electron chi connectivity index (χ4n) is 1.81. The van der Waals surface area contributed by atoms with E-state index in [0.717, 1.165) is 25.3 Å². The minimum Gasteiger partial charge on any atom is -0.494 e. The van der Waals surface area contributed by atoms with E-state index in [0.29, 0.717) is 13.2 Å². The molecule has 1 aromatic carbocycles. The van der Waals surface area contributed by atoms with Crippen LogP contribution in [0.1, 0.15) is 12.5 Å². The maximum absolute atomic E-state index is 5.81. The molecule has 0 aromatic heterocycles. The van der Waals surface area contributed by atoms with Gasteiger partial charge in [-0.15, -0.1) is 0 Å². The van der Waals surface area contributed by atoms with Gasteiger partial charge in [-0.25, -0.2) is 0 Å². The summed E-state index contributed by atoms with van der Waals surface area (Å²) in [6, 6.07) is 8.33. The van der Waals surface area contributed by atoms with Gasteiger partial charge in [0.05, 0.1) is 6.61 Å². The lowest BCUT2D eigenvalue weighted by Gasteiger charge is -2.20. The topological polar surface area (TPSA) is 64.5 Å². The minimum absolute atomic E-state index is 0.0651. The average molecular weight is 251 g/mol. The highest BCUT2D eigenvalue weighted by molar-refractivity contribution is 5.27. The van der Waals surface area contributed by atoms with Crippen LogP contribution in [0.5, 0.6) is 5.75 Å². The Morgan fingerprint density at radius 3 is 2.50 bits per heavy atom. The Kier molecular flexibility index (Phi) is 6.72. The summed E-state index contributed by atoms with van der Waals surface area (Å²) in [4.78, 5) is 2.22. The molecular weight excluding hydrogens is 226 g/mol. The maximum atomic E-state index is 5.81. The van der Waals surface area contributed by atoms with E-state index in [2.05, 4.69) is 24.1 Å². The van der Waals surface area contributed by atoms with Crippen LogP contribution in [0.25, 0.3) is 0 Å². The van der Waals surface area contributed by atoms with E-state index in [1.807, 2.05) is 19.1 Å². The van der Waals surface area contributed by atoms with Gasteiger partial charge < -0.3 is 21.1 Å². The van der Waals surface area contributed by atoms with Crippen LogP contribution in [0.3, 0.4) is 0 Å². The summed E-state index contributed by atoms with van der Waals surface area (Å²) in [6.45, 7) is 5.06. The van der Waals surface area contributed by atoms with Crippen molar-refractivity contribution >= 4 is 0 Å². The molecule has 0 saturated carbocycles. The second-order valence-electron chi connectivity index (χ2n) is 4.58. The van der Waals surface area contributed by atoms with Crippen LogP contribution in [0.15, 0.2) is 24.3 Å². The number of ether oxygens (including phenoxy) is 1. The van der Waals surface area contributed by atoms with Crippen molar-refractivity contribution < 1.29 is 4.74 Å². The fourth-order valence-corrected chi connectivity index (χ4v) is 1.81. The molecule has 0 radical (unpaired) electrons. The highest BCUT2D eigenvalue weighted by Gasteiger charge is 2.05. The average Bonchev–Trinajstić information content (AvgIpc) is 2.38. The Labute approximate surface area is 110 Å². The molecule has 0 aliphatic carbocycles. The van der Waals surface area contributed by atoms with Gasteiger partial charge in [0.2, 0.25) is 0 Å². The highest BCUT2D eigenvalue weighted by atomic mass is 16.5. The second kappa shape index (κ2) is 8.08. The minimum atomic E-state index is 0.0651. The van der Waals surface area contributed by atoms with Crippen molar-refractivity contribution in [1.82, 2.24) is 4.90 Å². The number of hydrogen-bond donors (Lipinski definition) is 2. The van der Waals surface area contributed by atoms with Crippen LogP contribution < -0.4 is 16.2 Å². The van der Waals surface area contributed by atoms with Crippen LogP contribution in [0.2, 0.25) is 0 Å². The quantitative estimate of drug-likeness (QED) is 0.719. The molecule has 0 aliphatic heterocycles. The van der Waals surface area contributed by atoms with Crippen molar-refractivity contribution in [3.8, 4) is 5.75 Å². The van der Waals surface area contributed by atoms with Crippen LogP contribution in [0, 0.1) is 0 Å². The lowest BCUT2D eigenvalue weighted by molar-refractivity contribution is 0.316. The number of nitrogens with two attached hydrogens (primary N) is 2. The summed E-state index contributed by atoms with van der Waals surface area (Å²) >= 11 is 0. The third-order valence-electron chi connectivity index (χ3n) is 2.87. The standard InChI is InChI=1S/C14H25N3O/c1-3-18-14-6-4-12(5-7-14)8-9-17(2)11-13(16)10-15/h4-7,13H,3,8-11,15-16H2,1-2H3. The normalized spacial score (nSPS) is 12.7. The molecule has 4 heteroatoms. The smallest absolute Gasteiger partial charge is 0.119 e. The van der Waals surface area contributed by atoms with Gasteiger partial charge in [0, 0.05) is 25.7 Å².